The summed E-state index contributed by atoms with van der Waals surface area (Å²) >= 11 is 0. The fraction of sp³-hybridized carbons (Fsp3) is 0.875. The van der Waals surface area contributed by atoms with Crippen LogP contribution in [0.5, 0.6) is 0 Å². The summed E-state index contributed by atoms with van der Waals surface area (Å²) < 4.78 is 5.02. The van der Waals surface area contributed by atoms with Gasteiger partial charge in [0.1, 0.15) is 5.60 Å². The first-order chi connectivity index (χ1) is 5.31. The molecule has 1 fully saturated rings. The number of carbonyl (C=O) groups is 1. The number of hydrogen-bond acceptors (Lipinski definition) is 3. The van der Waals surface area contributed by atoms with E-state index in [1.54, 1.807) is 0 Å². The van der Waals surface area contributed by atoms with E-state index in [2.05, 4.69) is 5.32 Å². The lowest BCUT2D eigenvalue weighted by molar-refractivity contribution is 0.0498. The van der Waals surface area contributed by atoms with Crippen LogP contribution >= 0.6 is 0 Å². The minimum Gasteiger partial charge on any atom is -0.444 e. The van der Waals surface area contributed by atoms with Gasteiger partial charge in [-0.25, -0.2) is 4.79 Å². The molecule has 4 heteroatoms. The molecule has 0 aliphatic heterocycles. The highest BCUT2D eigenvalue weighted by Gasteiger charge is 2.40. The van der Waals surface area contributed by atoms with Crippen molar-refractivity contribution in [2.24, 2.45) is 5.73 Å². The second kappa shape index (κ2) is 2.62. The number of hydrogen-bond donors (Lipinski definition) is 2. The Kier molecular flexibility index (Phi) is 2.04. The van der Waals surface area contributed by atoms with Crippen LogP contribution in [0.4, 0.5) is 4.79 Å². The van der Waals surface area contributed by atoms with Crippen molar-refractivity contribution < 1.29 is 9.53 Å². The highest BCUT2D eigenvalue weighted by atomic mass is 16.6. The molecule has 0 spiro atoms. The highest BCUT2D eigenvalue weighted by Crippen LogP contribution is 2.28. The molecule has 3 N–H and O–H groups in total. The summed E-state index contributed by atoms with van der Waals surface area (Å²) in [5.41, 5.74) is 4.72. The van der Waals surface area contributed by atoms with Gasteiger partial charge >= 0.3 is 6.09 Å². The van der Waals surface area contributed by atoms with Crippen LogP contribution in [0, 0.1) is 0 Å². The maximum absolute atomic E-state index is 11.1. The van der Waals surface area contributed by atoms with Gasteiger partial charge in [0, 0.05) is 0 Å². The van der Waals surface area contributed by atoms with Crippen molar-refractivity contribution in [3.8, 4) is 0 Å². The Morgan fingerprint density at radius 3 is 2.33 bits per heavy atom. The average Bonchev–Trinajstić information content (AvgIpc) is 2.40. The molecule has 0 aromatic rings. The van der Waals surface area contributed by atoms with E-state index in [0.717, 1.165) is 12.8 Å². The Morgan fingerprint density at radius 1 is 1.50 bits per heavy atom. The number of rotatable bonds is 1. The van der Waals surface area contributed by atoms with Crippen LogP contribution in [0.15, 0.2) is 0 Å². The maximum Gasteiger partial charge on any atom is 0.409 e. The largest absolute Gasteiger partial charge is 0.444 e. The summed E-state index contributed by atoms with van der Waals surface area (Å²) in [6.45, 7) is 5.47. The first-order valence-electron chi connectivity index (χ1n) is 4.11. The standard InChI is InChI=1S/C8H16N2O2/c1-7(2,3)12-6(11)10-8(9)4-5-8/h4-5,9H2,1-3H3,(H,10,11). The molecule has 0 radical (unpaired) electrons. The molecule has 12 heavy (non-hydrogen) atoms. The Labute approximate surface area is 72.5 Å². The Morgan fingerprint density at radius 2 is 2.00 bits per heavy atom. The molecule has 0 saturated heterocycles. The minimum absolute atomic E-state index is 0.428. The summed E-state index contributed by atoms with van der Waals surface area (Å²) in [4.78, 5) is 11.1. The second-order valence-corrected chi connectivity index (χ2v) is 4.28. The topological polar surface area (TPSA) is 64.3 Å². The Bertz CT molecular complexity index is 182. The molecule has 4 nitrogen and oxygen atoms in total. The van der Waals surface area contributed by atoms with Gasteiger partial charge in [0.25, 0.3) is 0 Å². The van der Waals surface area contributed by atoms with Crippen LogP contribution in [0.1, 0.15) is 33.6 Å². The van der Waals surface area contributed by atoms with Gasteiger partial charge in [0.05, 0.1) is 5.66 Å². The monoisotopic (exact) mass is 172 g/mol. The van der Waals surface area contributed by atoms with E-state index in [1.165, 1.54) is 0 Å². The number of carbonyl (C=O) groups excluding carboxylic acids is 1. The molecule has 70 valence electrons. The molecule has 0 aromatic carbocycles. The summed E-state index contributed by atoms with van der Waals surface area (Å²) in [5.74, 6) is 0. The molecule has 1 aliphatic carbocycles. The Balaban J connectivity index is 2.30. The van der Waals surface area contributed by atoms with E-state index < -0.39 is 17.4 Å². The van der Waals surface area contributed by atoms with Crippen molar-refractivity contribution in [2.45, 2.75) is 44.9 Å². The number of amides is 1. The highest BCUT2D eigenvalue weighted by molar-refractivity contribution is 5.69. The summed E-state index contributed by atoms with van der Waals surface area (Å²) in [6.07, 6.45) is 1.25. The molecule has 0 atom stereocenters. The lowest BCUT2D eigenvalue weighted by atomic mass is 10.2. The molecular formula is C8H16N2O2. The van der Waals surface area contributed by atoms with Crippen molar-refractivity contribution in [3.63, 3.8) is 0 Å². The van der Waals surface area contributed by atoms with Gasteiger partial charge in [-0.2, -0.15) is 0 Å². The minimum atomic E-state index is -0.484. The normalized spacial score (nSPS) is 20.0. The third-order valence-corrected chi connectivity index (χ3v) is 1.54. The van der Waals surface area contributed by atoms with Crippen molar-refractivity contribution in [3.05, 3.63) is 0 Å². The van der Waals surface area contributed by atoms with Crippen LogP contribution in [-0.2, 0) is 4.74 Å². The SMILES string of the molecule is CC(C)(C)OC(=O)NC1(N)CC1. The molecule has 1 saturated carbocycles. The van der Waals surface area contributed by atoms with Gasteiger partial charge in [-0.05, 0) is 33.6 Å². The van der Waals surface area contributed by atoms with Gasteiger partial charge in [-0.3, -0.25) is 0 Å². The predicted octanol–water partition coefficient (Wildman–Crippen LogP) is 0.960. The van der Waals surface area contributed by atoms with E-state index in [9.17, 15) is 4.79 Å². The van der Waals surface area contributed by atoms with Crippen molar-refractivity contribution in [1.82, 2.24) is 5.32 Å². The van der Waals surface area contributed by atoms with Gasteiger partial charge < -0.3 is 15.8 Å². The summed E-state index contributed by atoms with van der Waals surface area (Å²) in [6, 6.07) is 0. The molecule has 0 aromatic heterocycles. The average molecular weight is 172 g/mol. The molecule has 1 aliphatic rings. The molecule has 0 bridgehead atoms. The van der Waals surface area contributed by atoms with Crippen molar-refractivity contribution >= 4 is 6.09 Å². The Hall–Kier alpha value is -0.770. The zero-order valence-corrected chi connectivity index (χ0v) is 7.81. The predicted molar refractivity (Wildman–Crippen MR) is 45.5 cm³/mol. The fourth-order valence-electron chi connectivity index (χ4n) is 0.767. The van der Waals surface area contributed by atoms with E-state index in [1.807, 2.05) is 20.8 Å². The number of nitrogens with one attached hydrogen (secondary N) is 1. The third kappa shape index (κ3) is 3.09. The van der Waals surface area contributed by atoms with Gasteiger partial charge in [-0.1, -0.05) is 0 Å². The molecule has 1 rings (SSSR count). The molecular weight excluding hydrogens is 156 g/mol. The molecule has 0 heterocycles. The summed E-state index contributed by atoms with van der Waals surface area (Å²) in [7, 11) is 0. The lowest BCUT2D eigenvalue weighted by Crippen LogP contribution is -2.46. The van der Waals surface area contributed by atoms with Gasteiger partial charge in [-0.15, -0.1) is 0 Å². The smallest absolute Gasteiger partial charge is 0.409 e. The van der Waals surface area contributed by atoms with E-state index in [0.29, 0.717) is 0 Å². The number of alkyl carbamates (subject to hydrolysis) is 1. The zero-order chi connectivity index (χ0) is 9.41. The van der Waals surface area contributed by atoms with Crippen LogP contribution in [0.25, 0.3) is 0 Å². The van der Waals surface area contributed by atoms with Crippen LogP contribution in [0.3, 0.4) is 0 Å². The van der Waals surface area contributed by atoms with Gasteiger partial charge in [0.15, 0.2) is 0 Å². The van der Waals surface area contributed by atoms with Crippen LogP contribution in [0.2, 0.25) is 0 Å². The van der Waals surface area contributed by atoms with E-state index in [-0.39, 0.29) is 0 Å². The van der Waals surface area contributed by atoms with Crippen molar-refractivity contribution in [2.75, 3.05) is 0 Å². The number of ether oxygens (including phenoxy) is 1. The third-order valence-electron chi connectivity index (χ3n) is 1.54. The second-order valence-electron chi connectivity index (χ2n) is 4.28. The van der Waals surface area contributed by atoms with E-state index in [4.69, 9.17) is 10.5 Å². The summed E-state index contributed by atoms with van der Waals surface area (Å²) in [5, 5.41) is 2.60. The molecule has 0 unspecified atom stereocenters. The molecule has 1 amide bonds. The lowest BCUT2D eigenvalue weighted by Gasteiger charge is -2.21. The first-order valence-corrected chi connectivity index (χ1v) is 4.11. The van der Waals surface area contributed by atoms with Crippen molar-refractivity contribution in [1.29, 1.82) is 0 Å². The van der Waals surface area contributed by atoms with Crippen LogP contribution in [-0.4, -0.2) is 17.4 Å². The van der Waals surface area contributed by atoms with Gasteiger partial charge in [0.2, 0.25) is 0 Å². The quantitative estimate of drug-likeness (QED) is 0.579. The number of nitrogens with two attached hydrogens (primary N) is 1. The zero-order valence-electron chi connectivity index (χ0n) is 7.81. The van der Waals surface area contributed by atoms with E-state index >= 15 is 0 Å². The maximum atomic E-state index is 11.1. The fourth-order valence-corrected chi connectivity index (χ4v) is 0.767. The first kappa shape index (κ1) is 9.32. The van der Waals surface area contributed by atoms with Crippen LogP contribution < -0.4 is 11.1 Å².